The SMILES string of the molecule is CC(C)Sc1ccccc1C(=O)N1C2CCNCC1CC2. The fraction of sp³-hybridized carbons (Fsp3) is 0.588. The monoisotopic (exact) mass is 304 g/mol. The van der Waals surface area contributed by atoms with Gasteiger partial charge in [0.25, 0.3) is 5.91 Å². The van der Waals surface area contributed by atoms with Gasteiger partial charge in [-0.05, 0) is 37.9 Å². The van der Waals surface area contributed by atoms with E-state index in [-0.39, 0.29) is 5.91 Å². The van der Waals surface area contributed by atoms with Gasteiger partial charge >= 0.3 is 0 Å². The summed E-state index contributed by atoms with van der Waals surface area (Å²) in [5, 5.41) is 3.95. The predicted octanol–water partition coefficient (Wildman–Crippen LogP) is 3.15. The van der Waals surface area contributed by atoms with Crippen molar-refractivity contribution in [1.29, 1.82) is 0 Å². The number of nitrogens with zero attached hydrogens (tertiary/aromatic N) is 1. The lowest BCUT2D eigenvalue weighted by Gasteiger charge is -2.28. The van der Waals surface area contributed by atoms with Gasteiger partial charge in [0.2, 0.25) is 0 Å². The highest BCUT2D eigenvalue weighted by Crippen LogP contribution is 2.33. The van der Waals surface area contributed by atoms with Gasteiger partial charge in [0.05, 0.1) is 5.56 Å². The summed E-state index contributed by atoms with van der Waals surface area (Å²) in [7, 11) is 0. The molecule has 2 saturated heterocycles. The molecule has 0 saturated carbocycles. The smallest absolute Gasteiger partial charge is 0.255 e. The van der Waals surface area contributed by atoms with Crippen molar-refractivity contribution in [2.45, 2.75) is 55.3 Å². The summed E-state index contributed by atoms with van der Waals surface area (Å²) < 4.78 is 0. The minimum atomic E-state index is 0.231. The van der Waals surface area contributed by atoms with Crippen LogP contribution < -0.4 is 5.32 Å². The van der Waals surface area contributed by atoms with Crippen molar-refractivity contribution < 1.29 is 4.79 Å². The van der Waals surface area contributed by atoms with Crippen LogP contribution in [0.5, 0.6) is 0 Å². The van der Waals surface area contributed by atoms with Crippen molar-refractivity contribution in [1.82, 2.24) is 10.2 Å². The van der Waals surface area contributed by atoms with E-state index in [0.29, 0.717) is 17.3 Å². The molecule has 2 atom stereocenters. The van der Waals surface area contributed by atoms with Crippen LogP contribution in [-0.2, 0) is 0 Å². The van der Waals surface area contributed by atoms with Crippen molar-refractivity contribution in [3.8, 4) is 0 Å². The lowest BCUT2D eigenvalue weighted by atomic mass is 10.1. The number of carbonyl (C=O) groups excluding carboxylic acids is 1. The standard InChI is InChI=1S/C17H24N2OS/c1-12(2)21-16-6-4-3-5-15(16)17(20)19-13-7-8-14(19)11-18-10-9-13/h3-6,12-14,18H,7-11H2,1-2H3. The van der Waals surface area contributed by atoms with Crippen LogP contribution in [-0.4, -0.2) is 41.2 Å². The van der Waals surface area contributed by atoms with Gasteiger partial charge in [0.1, 0.15) is 0 Å². The Kier molecular flexibility index (Phi) is 4.55. The van der Waals surface area contributed by atoms with Gasteiger partial charge in [0, 0.05) is 28.8 Å². The number of amides is 1. The van der Waals surface area contributed by atoms with Gasteiger partial charge in [0.15, 0.2) is 0 Å². The highest BCUT2D eigenvalue weighted by atomic mass is 32.2. The quantitative estimate of drug-likeness (QED) is 0.871. The summed E-state index contributed by atoms with van der Waals surface area (Å²) in [5.41, 5.74) is 0.884. The summed E-state index contributed by atoms with van der Waals surface area (Å²) in [6.45, 7) is 6.33. The molecule has 4 heteroatoms. The molecule has 0 aromatic heterocycles. The topological polar surface area (TPSA) is 32.3 Å². The minimum Gasteiger partial charge on any atom is -0.331 e. The second kappa shape index (κ2) is 6.41. The first-order valence-corrected chi connectivity index (χ1v) is 8.84. The van der Waals surface area contributed by atoms with Gasteiger partial charge in [-0.1, -0.05) is 26.0 Å². The lowest BCUT2D eigenvalue weighted by Crippen LogP contribution is -2.42. The summed E-state index contributed by atoms with van der Waals surface area (Å²) in [6.07, 6.45) is 3.39. The molecule has 2 fully saturated rings. The third kappa shape index (κ3) is 3.11. The van der Waals surface area contributed by atoms with Gasteiger partial charge in [-0.15, -0.1) is 11.8 Å². The maximum atomic E-state index is 13.1. The molecule has 0 radical (unpaired) electrons. The van der Waals surface area contributed by atoms with Crippen molar-refractivity contribution in [2.24, 2.45) is 0 Å². The van der Waals surface area contributed by atoms with E-state index in [2.05, 4.69) is 30.1 Å². The van der Waals surface area contributed by atoms with E-state index in [1.54, 1.807) is 11.8 Å². The molecule has 3 rings (SSSR count). The molecule has 2 bridgehead atoms. The Hall–Kier alpha value is -1.00. The normalized spacial score (nSPS) is 25.2. The molecule has 3 nitrogen and oxygen atoms in total. The highest BCUT2D eigenvalue weighted by molar-refractivity contribution is 8.00. The molecule has 2 unspecified atom stereocenters. The molecule has 1 amide bonds. The molecule has 2 aliphatic rings. The van der Waals surface area contributed by atoms with Crippen molar-refractivity contribution in [2.75, 3.05) is 13.1 Å². The van der Waals surface area contributed by atoms with Crippen molar-refractivity contribution >= 4 is 17.7 Å². The molecule has 2 heterocycles. The Balaban J connectivity index is 1.88. The molecular formula is C17H24N2OS. The third-order valence-corrected chi connectivity index (χ3v) is 5.45. The van der Waals surface area contributed by atoms with Crippen LogP contribution in [0.4, 0.5) is 0 Å². The van der Waals surface area contributed by atoms with Crippen molar-refractivity contribution in [3.63, 3.8) is 0 Å². The summed E-state index contributed by atoms with van der Waals surface area (Å²) in [5.74, 6) is 0.231. The molecule has 114 valence electrons. The Labute approximate surface area is 131 Å². The van der Waals surface area contributed by atoms with E-state index in [0.717, 1.165) is 42.8 Å². The van der Waals surface area contributed by atoms with E-state index in [1.165, 1.54) is 0 Å². The predicted molar refractivity (Wildman–Crippen MR) is 87.9 cm³/mol. The molecular weight excluding hydrogens is 280 g/mol. The van der Waals surface area contributed by atoms with Crippen LogP contribution in [0.2, 0.25) is 0 Å². The number of rotatable bonds is 3. The first-order chi connectivity index (χ1) is 10.2. The number of hydrogen-bond donors (Lipinski definition) is 1. The Morgan fingerprint density at radius 1 is 1.24 bits per heavy atom. The summed E-state index contributed by atoms with van der Waals surface area (Å²) >= 11 is 1.78. The van der Waals surface area contributed by atoms with Gasteiger partial charge < -0.3 is 10.2 Å². The number of carbonyl (C=O) groups is 1. The Morgan fingerprint density at radius 3 is 2.81 bits per heavy atom. The Bertz CT molecular complexity index is 503. The summed E-state index contributed by atoms with van der Waals surface area (Å²) in [4.78, 5) is 16.4. The first kappa shape index (κ1) is 14.9. The largest absolute Gasteiger partial charge is 0.331 e. The first-order valence-electron chi connectivity index (χ1n) is 7.96. The number of benzene rings is 1. The van der Waals surface area contributed by atoms with E-state index in [9.17, 15) is 4.79 Å². The number of hydrogen-bond acceptors (Lipinski definition) is 3. The zero-order chi connectivity index (χ0) is 14.8. The maximum absolute atomic E-state index is 13.1. The van der Waals surface area contributed by atoms with Crippen LogP contribution in [0, 0.1) is 0 Å². The van der Waals surface area contributed by atoms with Crippen LogP contribution >= 0.6 is 11.8 Å². The minimum absolute atomic E-state index is 0.231. The second-order valence-corrected chi connectivity index (χ2v) is 7.87. The van der Waals surface area contributed by atoms with Gasteiger partial charge in [-0.2, -0.15) is 0 Å². The number of thioether (sulfide) groups is 1. The number of fused-ring (bicyclic) bond motifs is 2. The van der Waals surface area contributed by atoms with Crippen LogP contribution in [0.15, 0.2) is 29.2 Å². The third-order valence-electron chi connectivity index (χ3n) is 4.37. The zero-order valence-corrected chi connectivity index (χ0v) is 13.7. The lowest BCUT2D eigenvalue weighted by molar-refractivity contribution is 0.0676. The van der Waals surface area contributed by atoms with E-state index >= 15 is 0 Å². The molecule has 1 aromatic carbocycles. The van der Waals surface area contributed by atoms with Crippen LogP contribution in [0.1, 0.15) is 43.5 Å². The summed E-state index contributed by atoms with van der Waals surface area (Å²) in [6, 6.07) is 8.88. The fourth-order valence-corrected chi connectivity index (χ4v) is 4.40. The van der Waals surface area contributed by atoms with E-state index in [4.69, 9.17) is 0 Å². The highest BCUT2D eigenvalue weighted by Gasteiger charge is 2.38. The molecule has 1 aromatic rings. The van der Waals surface area contributed by atoms with E-state index in [1.807, 2.05) is 18.2 Å². The molecule has 1 N–H and O–H groups in total. The molecule has 21 heavy (non-hydrogen) atoms. The number of nitrogens with one attached hydrogen (secondary N) is 1. The molecule has 0 aliphatic carbocycles. The van der Waals surface area contributed by atoms with Gasteiger partial charge in [-0.25, -0.2) is 0 Å². The molecule has 0 spiro atoms. The maximum Gasteiger partial charge on any atom is 0.255 e. The second-order valence-electron chi connectivity index (χ2n) is 6.25. The average Bonchev–Trinajstić information content (AvgIpc) is 2.71. The van der Waals surface area contributed by atoms with Crippen molar-refractivity contribution in [3.05, 3.63) is 29.8 Å². The Morgan fingerprint density at radius 2 is 2.00 bits per heavy atom. The average molecular weight is 304 g/mol. The zero-order valence-electron chi connectivity index (χ0n) is 12.8. The van der Waals surface area contributed by atoms with Gasteiger partial charge in [-0.3, -0.25) is 4.79 Å². The fourth-order valence-electron chi connectivity index (χ4n) is 3.45. The van der Waals surface area contributed by atoms with E-state index < -0.39 is 0 Å². The molecule has 2 aliphatic heterocycles. The van der Waals surface area contributed by atoms with Crippen LogP contribution in [0.25, 0.3) is 0 Å². The van der Waals surface area contributed by atoms with Crippen LogP contribution in [0.3, 0.4) is 0 Å².